The van der Waals surface area contributed by atoms with Gasteiger partial charge in [-0.25, -0.2) is 0 Å². The molecule has 0 aromatic heterocycles. The van der Waals surface area contributed by atoms with Crippen LogP contribution < -0.4 is 11.1 Å². The Labute approximate surface area is 125 Å². The van der Waals surface area contributed by atoms with Gasteiger partial charge in [0.05, 0.1) is 10.8 Å². The van der Waals surface area contributed by atoms with Crippen molar-refractivity contribution in [3.05, 3.63) is 29.8 Å². The van der Waals surface area contributed by atoms with Gasteiger partial charge in [0.2, 0.25) is 5.91 Å². The van der Waals surface area contributed by atoms with Crippen LogP contribution in [0.5, 0.6) is 0 Å². The summed E-state index contributed by atoms with van der Waals surface area (Å²) in [7, 11) is 0. The van der Waals surface area contributed by atoms with Crippen molar-refractivity contribution in [1.82, 2.24) is 0 Å². The van der Waals surface area contributed by atoms with Crippen LogP contribution in [0.25, 0.3) is 0 Å². The van der Waals surface area contributed by atoms with E-state index in [0.717, 1.165) is 0 Å². The summed E-state index contributed by atoms with van der Waals surface area (Å²) in [5.41, 5.74) is 5.42. The van der Waals surface area contributed by atoms with Crippen LogP contribution in [0.1, 0.15) is 39.7 Å². The van der Waals surface area contributed by atoms with Crippen LogP contribution in [0.2, 0.25) is 0 Å². The smallest absolute Gasteiger partial charge is 0.313 e. The van der Waals surface area contributed by atoms with Gasteiger partial charge in [0.15, 0.2) is 0 Å². The first kappa shape index (κ1) is 17.2. The van der Waals surface area contributed by atoms with Gasteiger partial charge in [0, 0.05) is 12.2 Å². The molecule has 5 nitrogen and oxygen atoms in total. The lowest BCUT2D eigenvalue weighted by Crippen LogP contribution is -2.39. The van der Waals surface area contributed by atoms with E-state index < -0.39 is 16.8 Å². The molecule has 0 saturated heterocycles. The van der Waals surface area contributed by atoms with Gasteiger partial charge in [-0.1, -0.05) is 19.1 Å². The molecular weight excluding hydrogens is 268 g/mol. The Bertz CT molecular complexity index is 517. The highest BCUT2D eigenvalue weighted by Crippen LogP contribution is 2.26. The molecule has 0 fully saturated rings. The number of carboxylic acid groups (broad SMARTS) is 1. The number of anilines is 1. The zero-order chi connectivity index (χ0) is 16.3. The number of benzene rings is 1. The van der Waals surface area contributed by atoms with Gasteiger partial charge in [-0.2, -0.15) is 0 Å². The van der Waals surface area contributed by atoms with Gasteiger partial charge in [-0.05, 0) is 44.9 Å². The zero-order valence-electron chi connectivity index (χ0n) is 13.1. The molecule has 1 atom stereocenters. The number of aliphatic carboxylic acids is 1. The third-order valence-electron chi connectivity index (χ3n) is 4.18. The van der Waals surface area contributed by atoms with E-state index in [9.17, 15) is 14.7 Å². The van der Waals surface area contributed by atoms with Crippen LogP contribution in [0, 0.1) is 5.41 Å². The Hall–Kier alpha value is -1.88. The number of carbonyl (C=O) groups is 2. The highest BCUT2D eigenvalue weighted by molar-refractivity contribution is 5.95. The standard InChI is InChI=1S/C16H24N2O3/c1-5-16(4,10-17)13(19)18-12-8-6-11(7-9-12)15(2,3)14(20)21/h6-9H,5,10,17H2,1-4H3,(H,18,19)(H,20,21). The van der Waals surface area contributed by atoms with Crippen molar-refractivity contribution in [1.29, 1.82) is 0 Å². The molecule has 0 aliphatic carbocycles. The molecule has 1 unspecified atom stereocenters. The minimum Gasteiger partial charge on any atom is -0.481 e. The number of rotatable bonds is 6. The predicted octanol–water partition coefficient (Wildman–Crippen LogP) is 2.36. The van der Waals surface area contributed by atoms with Crippen LogP contribution in [0.4, 0.5) is 5.69 Å². The number of carboxylic acids is 1. The lowest BCUT2D eigenvalue weighted by Gasteiger charge is -2.25. The Morgan fingerprint density at radius 3 is 2.10 bits per heavy atom. The second kappa shape index (κ2) is 6.26. The molecule has 0 bridgehead atoms. The van der Waals surface area contributed by atoms with E-state index in [4.69, 9.17) is 5.73 Å². The van der Waals surface area contributed by atoms with Gasteiger partial charge in [-0.15, -0.1) is 0 Å². The number of carbonyl (C=O) groups excluding carboxylic acids is 1. The van der Waals surface area contributed by atoms with Crippen LogP contribution in [0.3, 0.4) is 0 Å². The zero-order valence-corrected chi connectivity index (χ0v) is 13.1. The number of nitrogens with one attached hydrogen (secondary N) is 1. The Kier molecular flexibility index (Phi) is 5.12. The Balaban J connectivity index is 2.90. The maximum Gasteiger partial charge on any atom is 0.313 e. The average Bonchev–Trinajstić information content (AvgIpc) is 2.46. The summed E-state index contributed by atoms with van der Waals surface area (Å²) in [5, 5.41) is 12.0. The molecule has 21 heavy (non-hydrogen) atoms. The average molecular weight is 292 g/mol. The molecule has 0 heterocycles. The van der Waals surface area contributed by atoms with E-state index in [-0.39, 0.29) is 12.5 Å². The summed E-state index contributed by atoms with van der Waals surface area (Å²) in [4.78, 5) is 23.4. The molecule has 0 spiro atoms. The summed E-state index contributed by atoms with van der Waals surface area (Å²) in [6, 6.07) is 6.86. The lowest BCUT2D eigenvalue weighted by atomic mass is 9.84. The van der Waals surface area contributed by atoms with E-state index in [1.54, 1.807) is 38.1 Å². The van der Waals surface area contributed by atoms with Crippen molar-refractivity contribution in [2.24, 2.45) is 11.1 Å². The maximum absolute atomic E-state index is 12.2. The first-order valence-electron chi connectivity index (χ1n) is 7.03. The van der Waals surface area contributed by atoms with Crippen molar-refractivity contribution >= 4 is 17.6 Å². The SMILES string of the molecule is CCC(C)(CN)C(=O)Nc1ccc(C(C)(C)C(=O)O)cc1. The highest BCUT2D eigenvalue weighted by Gasteiger charge is 2.31. The van der Waals surface area contributed by atoms with Gasteiger partial charge in [-0.3, -0.25) is 9.59 Å². The van der Waals surface area contributed by atoms with Gasteiger partial charge in [0.1, 0.15) is 0 Å². The molecule has 0 radical (unpaired) electrons. The molecule has 0 aliphatic heterocycles. The molecule has 0 aliphatic rings. The third-order valence-corrected chi connectivity index (χ3v) is 4.18. The molecule has 4 N–H and O–H groups in total. The van der Waals surface area contributed by atoms with Crippen LogP contribution in [-0.2, 0) is 15.0 Å². The summed E-state index contributed by atoms with van der Waals surface area (Å²) in [6.45, 7) is 7.31. The summed E-state index contributed by atoms with van der Waals surface area (Å²) >= 11 is 0. The summed E-state index contributed by atoms with van der Waals surface area (Å²) in [6.07, 6.45) is 0.652. The number of nitrogens with two attached hydrogens (primary N) is 1. The summed E-state index contributed by atoms with van der Waals surface area (Å²) in [5.74, 6) is -1.02. The molecule has 116 valence electrons. The van der Waals surface area contributed by atoms with Crippen LogP contribution >= 0.6 is 0 Å². The Morgan fingerprint density at radius 1 is 1.19 bits per heavy atom. The molecule has 1 amide bonds. The van der Waals surface area contributed by atoms with Crippen molar-refractivity contribution in [3.8, 4) is 0 Å². The summed E-state index contributed by atoms with van der Waals surface area (Å²) < 4.78 is 0. The topological polar surface area (TPSA) is 92.4 Å². The highest BCUT2D eigenvalue weighted by atomic mass is 16.4. The number of hydrogen-bond donors (Lipinski definition) is 3. The first-order chi connectivity index (χ1) is 9.67. The normalized spacial score (nSPS) is 14.3. The molecule has 1 aromatic rings. The minimum absolute atomic E-state index is 0.127. The second-order valence-electron chi connectivity index (χ2n) is 6.08. The van der Waals surface area contributed by atoms with Crippen molar-refractivity contribution in [3.63, 3.8) is 0 Å². The number of amides is 1. The monoisotopic (exact) mass is 292 g/mol. The van der Waals surface area contributed by atoms with Gasteiger partial charge >= 0.3 is 5.97 Å². The molecule has 1 aromatic carbocycles. The fourth-order valence-electron chi connectivity index (χ4n) is 1.77. The van der Waals surface area contributed by atoms with E-state index >= 15 is 0 Å². The largest absolute Gasteiger partial charge is 0.481 e. The van der Waals surface area contributed by atoms with E-state index in [2.05, 4.69) is 5.32 Å². The van der Waals surface area contributed by atoms with Crippen molar-refractivity contribution in [2.45, 2.75) is 39.5 Å². The second-order valence-corrected chi connectivity index (χ2v) is 6.08. The predicted molar refractivity (Wildman–Crippen MR) is 83.2 cm³/mol. The van der Waals surface area contributed by atoms with E-state index in [0.29, 0.717) is 17.7 Å². The fraction of sp³-hybridized carbons (Fsp3) is 0.500. The van der Waals surface area contributed by atoms with Gasteiger partial charge in [0.25, 0.3) is 0 Å². The molecular formula is C16H24N2O3. The number of hydrogen-bond acceptors (Lipinski definition) is 3. The lowest BCUT2D eigenvalue weighted by molar-refractivity contribution is -0.142. The van der Waals surface area contributed by atoms with Gasteiger partial charge < -0.3 is 16.2 Å². The third kappa shape index (κ3) is 3.61. The first-order valence-corrected chi connectivity index (χ1v) is 7.03. The van der Waals surface area contributed by atoms with E-state index in [1.807, 2.05) is 13.8 Å². The quantitative estimate of drug-likeness (QED) is 0.750. The van der Waals surface area contributed by atoms with Crippen molar-refractivity contribution < 1.29 is 14.7 Å². The molecule has 5 heteroatoms. The molecule has 0 saturated carbocycles. The Morgan fingerprint density at radius 2 is 1.71 bits per heavy atom. The van der Waals surface area contributed by atoms with Crippen LogP contribution in [-0.4, -0.2) is 23.5 Å². The minimum atomic E-state index is -0.961. The van der Waals surface area contributed by atoms with Crippen molar-refractivity contribution in [2.75, 3.05) is 11.9 Å². The van der Waals surface area contributed by atoms with Crippen LogP contribution in [0.15, 0.2) is 24.3 Å². The molecule has 1 rings (SSSR count). The van der Waals surface area contributed by atoms with E-state index in [1.165, 1.54) is 0 Å². The fourth-order valence-corrected chi connectivity index (χ4v) is 1.77. The maximum atomic E-state index is 12.2.